The van der Waals surface area contributed by atoms with Crippen LogP contribution in [0, 0.1) is 0 Å². The van der Waals surface area contributed by atoms with Gasteiger partial charge >= 0.3 is 0 Å². The maximum absolute atomic E-state index is 6.71. The van der Waals surface area contributed by atoms with Gasteiger partial charge < -0.3 is 8.98 Å². The Morgan fingerprint density at radius 3 is 1.24 bits per heavy atom. The van der Waals surface area contributed by atoms with Crippen molar-refractivity contribution < 1.29 is 4.42 Å². The molecule has 0 saturated heterocycles. The summed E-state index contributed by atoms with van der Waals surface area (Å²) in [4.78, 5) is 15.3. The van der Waals surface area contributed by atoms with Crippen LogP contribution in [0.2, 0.25) is 0 Å². The maximum Gasteiger partial charge on any atom is 0.164 e. The number of para-hydroxylation sites is 1. The molecule has 9 aromatic carbocycles. The second kappa shape index (κ2) is 14.7. The zero-order valence-electron chi connectivity index (χ0n) is 33.5. The van der Waals surface area contributed by atoms with Gasteiger partial charge in [-0.3, -0.25) is 0 Å². The molecule has 62 heavy (non-hydrogen) atoms. The lowest BCUT2D eigenvalue weighted by molar-refractivity contribution is 0.669. The van der Waals surface area contributed by atoms with Crippen molar-refractivity contribution in [3.05, 3.63) is 218 Å². The lowest BCUT2D eigenvalue weighted by Gasteiger charge is -2.10. The van der Waals surface area contributed by atoms with Crippen molar-refractivity contribution in [1.29, 1.82) is 0 Å². The topological polar surface area (TPSA) is 56.7 Å². The molecule has 0 aliphatic heterocycles. The lowest BCUT2D eigenvalue weighted by Crippen LogP contribution is -2.00. The van der Waals surface area contributed by atoms with Crippen LogP contribution in [-0.2, 0) is 0 Å². The average molecular weight is 793 g/mol. The van der Waals surface area contributed by atoms with Gasteiger partial charge in [0.15, 0.2) is 17.5 Å². The third-order valence-electron chi connectivity index (χ3n) is 11.9. The summed E-state index contributed by atoms with van der Waals surface area (Å²) < 4.78 is 9.07. The smallest absolute Gasteiger partial charge is 0.164 e. The van der Waals surface area contributed by atoms with Crippen molar-refractivity contribution in [2.75, 3.05) is 0 Å². The van der Waals surface area contributed by atoms with Gasteiger partial charge in [-0.15, -0.1) is 0 Å². The number of fused-ring (bicyclic) bond motifs is 6. The van der Waals surface area contributed by atoms with Crippen molar-refractivity contribution >= 4 is 43.7 Å². The van der Waals surface area contributed by atoms with E-state index >= 15 is 0 Å². The number of furan rings is 1. The first kappa shape index (κ1) is 35.5. The van der Waals surface area contributed by atoms with E-state index in [9.17, 15) is 0 Å². The van der Waals surface area contributed by atoms with Crippen LogP contribution in [0.15, 0.2) is 223 Å². The molecule has 0 N–H and O–H groups in total. The van der Waals surface area contributed by atoms with Crippen molar-refractivity contribution in [3.63, 3.8) is 0 Å². The quantitative estimate of drug-likeness (QED) is 0.161. The van der Waals surface area contributed by atoms with Gasteiger partial charge in [-0.2, -0.15) is 0 Å². The molecule has 3 aromatic heterocycles. The van der Waals surface area contributed by atoms with Gasteiger partial charge in [-0.05, 0) is 75.8 Å². The Morgan fingerprint density at radius 2 is 0.694 bits per heavy atom. The lowest BCUT2D eigenvalue weighted by atomic mass is 10.0. The SMILES string of the molecule is c1ccc(-c2ccc(-c3nc(-c4ccc(-c5ccccc5)cc4)nc(-c4ccc5c(c4)oc4cc6c7ccccc7n(-c7ccc(-c8ccccc8)cc7)c6cc45)n3)cc2)cc1. The largest absolute Gasteiger partial charge is 0.456 e. The van der Waals surface area contributed by atoms with Crippen LogP contribution in [0.3, 0.4) is 0 Å². The fourth-order valence-electron chi connectivity index (χ4n) is 8.74. The maximum atomic E-state index is 6.71. The van der Waals surface area contributed by atoms with Crippen LogP contribution in [-0.4, -0.2) is 19.5 Å². The molecule has 0 fully saturated rings. The predicted octanol–water partition coefficient (Wildman–Crippen LogP) is 14.9. The predicted molar refractivity (Wildman–Crippen MR) is 254 cm³/mol. The van der Waals surface area contributed by atoms with E-state index in [0.717, 1.165) is 83.0 Å². The van der Waals surface area contributed by atoms with Gasteiger partial charge in [0.2, 0.25) is 0 Å². The minimum Gasteiger partial charge on any atom is -0.456 e. The number of hydrogen-bond acceptors (Lipinski definition) is 4. The molecule has 12 rings (SSSR count). The molecule has 0 bridgehead atoms. The summed E-state index contributed by atoms with van der Waals surface area (Å²) in [5, 5.41) is 4.40. The highest BCUT2D eigenvalue weighted by Gasteiger charge is 2.19. The van der Waals surface area contributed by atoms with Gasteiger partial charge in [0.1, 0.15) is 11.2 Å². The first-order valence-electron chi connectivity index (χ1n) is 20.8. The van der Waals surface area contributed by atoms with Crippen LogP contribution >= 0.6 is 0 Å². The first-order valence-corrected chi connectivity index (χ1v) is 20.8. The summed E-state index contributed by atoms with van der Waals surface area (Å²) in [7, 11) is 0. The molecule has 5 heteroatoms. The summed E-state index contributed by atoms with van der Waals surface area (Å²) in [5.74, 6) is 1.79. The Hall–Kier alpha value is -8.41. The number of benzene rings is 9. The van der Waals surface area contributed by atoms with Crippen LogP contribution in [0.25, 0.3) is 117 Å². The van der Waals surface area contributed by atoms with Crippen molar-refractivity contribution in [2.24, 2.45) is 0 Å². The normalized spacial score (nSPS) is 11.5. The Labute approximate surface area is 357 Å². The van der Waals surface area contributed by atoms with Gasteiger partial charge in [0.25, 0.3) is 0 Å². The molecule has 0 aliphatic rings. The average Bonchev–Trinajstić information content (AvgIpc) is 3.88. The molecular weight excluding hydrogens is 757 g/mol. The third-order valence-corrected chi connectivity index (χ3v) is 11.9. The van der Waals surface area contributed by atoms with E-state index < -0.39 is 0 Å². The van der Waals surface area contributed by atoms with E-state index in [0.29, 0.717) is 17.5 Å². The molecule has 5 nitrogen and oxygen atoms in total. The molecule has 3 heterocycles. The summed E-state index contributed by atoms with van der Waals surface area (Å²) >= 11 is 0. The molecule has 0 atom stereocenters. The standard InChI is InChI=1S/C57H36N4O/c1-4-12-37(13-5-1)40-20-24-43(25-21-40)55-58-56(44-26-22-41(23-27-44)38-14-6-2-7-15-38)60-57(59-55)45-30-33-48-50-35-52-49(36-54(50)62-53(48)34-45)47-18-10-11-19-51(47)61(52)46-31-28-42(29-32-46)39-16-8-3-9-17-39/h1-36H. The molecule has 0 spiro atoms. The second-order valence-electron chi connectivity index (χ2n) is 15.6. The van der Waals surface area contributed by atoms with E-state index in [4.69, 9.17) is 19.4 Å². The number of rotatable bonds is 7. The highest BCUT2D eigenvalue weighted by atomic mass is 16.3. The molecular formula is C57H36N4O. The molecule has 290 valence electrons. The molecule has 0 amide bonds. The number of hydrogen-bond donors (Lipinski definition) is 0. The second-order valence-corrected chi connectivity index (χ2v) is 15.6. The van der Waals surface area contributed by atoms with E-state index in [1.807, 2.05) is 12.1 Å². The molecule has 0 aliphatic carbocycles. The Bertz CT molecular complexity index is 3480. The minimum atomic E-state index is 0.577. The number of nitrogens with zero attached hydrogens (tertiary/aromatic N) is 4. The highest BCUT2D eigenvalue weighted by molar-refractivity contribution is 6.17. The molecule has 0 unspecified atom stereocenters. The Morgan fingerprint density at radius 1 is 0.274 bits per heavy atom. The fourth-order valence-corrected chi connectivity index (χ4v) is 8.74. The van der Waals surface area contributed by atoms with E-state index in [2.05, 4.69) is 211 Å². The van der Waals surface area contributed by atoms with Gasteiger partial charge in [-0.1, -0.05) is 176 Å². The third kappa shape index (κ3) is 6.23. The summed E-state index contributed by atoms with van der Waals surface area (Å²) in [5.41, 5.74) is 14.6. The first-order chi connectivity index (χ1) is 30.7. The van der Waals surface area contributed by atoms with Gasteiger partial charge in [0, 0.05) is 43.9 Å². The summed E-state index contributed by atoms with van der Waals surface area (Å²) in [6.45, 7) is 0. The van der Waals surface area contributed by atoms with Crippen LogP contribution in [0.5, 0.6) is 0 Å². The van der Waals surface area contributed by atoms with Crippen molar-refractivity contribution in [3.8, 4) is 73.2 Å². The summed E-state index contributed by atoms with van der Waals surface area (Å²) in [6.07, 6.45) is 0. The Kier molecular flexibility index (Phi) is 8.42. The van der Waals surface area contributed by atoms with E-state index in [-0.39, 0.29) is 0 Å². The fraction of sp³-hybridized carbons (Fsp3) is 0. The monoisotopic (exact) mass is 792 g/mol. The summed E-state index contributed by atoms with van der Waals surface area (Å²) in [6, 6.07) is 76.3. The van der Waals surface area contributed by atoms with E-state index in [1.165, 1.54) is 16.5 Å². The highest BCUT2D eigenvalue weighted by Crippen LogP contribution is 2.40. The minimum absolute atomic E-state index is 0.577. The van der Waals surface area contributed by atoms with Crippen LogP contribution in [0.1, 0.15) is 0 Å². The molecule has 0 radical (unpaired) electrons. The van der Waals surface area contributed by atoms with Crippen LogP contribution in [0.4, 0.5) is 0 Å². The molecule has 12 aromatic rings. The number of aromatic nitrogens is 4. The molecule has 0 saturated carbocycles. The van der Waals surface area contributed by atoms with Gasteiger partial charge in [-0.25, -0.2) is 15.0 Å². The van der Waals surface area contributed by atoms with E-state index in [1.54, 1.807) is 0 Å². The van der Waals surface area contributed by atoms with Crippen molar-refractivity contribution in [2.45, 2.75) is 0 Å². The van der Waals surface area contributed by atoms with Crippen molar-refractivity contribution in [1.82, 2.24) is 19.5 Å². The zero-order valence-corrected chi connectivity index (χ0v) is 33.5. The van der Waals surface area contributed by atoms with Crippen LogP contribution < -0.4 is 0 Å². The Balaban J connectivity index is 0.969. The van der Waals surface area contributed by atoms with Gasteiger partial charge in [0.05, 0.1) is 11.0 Å². The zero-order chi connectivity index (χ0) is 41.0.